The van der Waals surface area contributed by atoms with E-state index in [1.807, 2.05) is 0 Å². The molecule has 0 aliphatic heterocycles. The highest BCUT2D eigenvalue weighted by Crippen LogP contribution is 2.28. The maximum atomic E-state index is 12.1. The SMILES string of the molecule is CC(=O)Nc1nnc(S(=O)(=O)Nc2ccc(Cl)cc2Cl)s1. The average molecular weight is 367 g/mol. The molecule has 2 aromatic rings. The number of carbonyl (C=O) groups is 1. The van der Waals surface area contributed by atoms with Gasteiger partial charge >= 0.3 is 0 Å². The zero-order valence-corrected chi connectivity index (χ0v) is 13.6. The van der Waals surface area contributed by atoms with Gasteiger partial charge in [-0.3, -0.25) is 9.52 Å². The molecule has 1 aromatic heterocycles. The number of sulfonamides is 1. The summed E-state index contributed by atoms with van der Waals surface area (Å²) in [4.78, 5) is 10.9. The van der Waals surface area contributed by atoms with Gasteiger partial charge in [0.1, 0.15) is 0 Å². The van der Waals surface area contributed by atoms with Crippen molar-refractivity contribution in [2.45, 2.75) is 11.3 Å². The molecule has 112 valence electrons. The molecular weight excluding hydrogens is 359 g/mol. The third-order valence-corrected chi connectivity index (χ3v) is 5.21. The number of rotatable bonds is 4. The molecule has 1 amide bonds. The standard InChI is InChI=1S/C10H8Cl2N4O3S2/c1-5(17)13-9-14-15-10(20-9)21(18,19)16-8-3-2-6(11)4-7(8)12/h2-4,16H,1H3,(H,13,14,17). The predicted octanol–water partition coefficient (Wildman–Crippen LogP) is 2.60. The number of amides is 1. The van der Waals surface area contributed by atoms with Crippen molar-refractivity contribution in [2.75, 3.05) is 10.0 Å². The van der Waals surface area contributed by atoms with Crippen molar-refractivity contribution in [1.29, 1.82) is 0 Å². The first-order valence-electron chi connectivity index (χ1n) is 5.37. The highest BCUT2D eigenvalue weighted by Gasteiger charge is 2.21. The van der Waals surface area contributed by atoms with Crippen molar-refractivity contribution in [1.82, 2.24) is 10.2 Å². The van der Waals surface area contributed by atoms with E-state index in [-0.39, 0.29) is 26.1 Å². The second-order valence-electron chi connectivity index (χ2n) is 3.78. The Kier molecular flexibility index (Phi) is 4.67. The van der Waals surface area contributed by atoms with E-state index in [0.29, 0.717) is 5.02 Å². The summed E-state index contributed by atoms with van der Waals surface area (Å²) in [6.45, 7) is 1.28. The number of nitrogens with one attached hydrogen (secondary N) is 2. The van der Waals surface area contributed by atoms with Gasteiger partial charge in [0.25, 0.3) is 14.4 Å². The fraction of sp³-hybridized carbons (Fsp3) is 0.100. The van der Waals surface area contributed by atoms with Gasteiger partial charge in [0.15, 0.2) is 0 Å². The molecule has 0 bridgehead atoms. The van der Waals surface area contributed by atoms with Crippen molar-refractivity contribution >= 4 is 61.3 Å². The Morgan fingerprint density at radius 1 is 1.29 bits per heavy atom. The highest BCUT2D eigenvalue weighted by molar-refractivity contribution is 7.94. The van der Waals surface area contributed by atoms with Crippen molar-refractivity contribution < 1.29 is 13.2 Å². The Hall–Kier alpha value is -1.42. The molecule has 1 aromatic carbocycles. The van der Waals surface area contributed by atoms with Crippen LogP contribution in [-0.2, 0) is 14.8 Å². The molecule has 0 radical (unpaired) electrons. The topological polar surface area (TPSA) is 101 Å². The minimum Gasteiger partial charge on any atom is -0.301 e. The maximum absolute atomic E-state index is 12.1. The van der Waals surface area contributed by atoms with E-state index in [1.54, 1.807) is 0 Å². The van der Waals surface area contributed by atoms with Gasteiger partial charge in [-0.05, 0) is 18.2 Å². The minimum atomic E-state index is -3.95. The molecule has 0 atom stereocenters. The third kappa shape index (κ3) is 4.03. The predicted molar refractivity (Wildman–Crippen MR) is 81.5 cm³/mol. The first-order chi connectivity index (χ1) is 9.78. The van der Waals surface area contributed by atoms with E-state index in [9.17, 15) is 13.2 Å². The Balaban J connectivity index is 2.25. The Labute approximate surface area is 134 Å². The quantitative estimate of drug-likeness (QED) is 0.809. The Bertz CT molecular complexity index is 791. The highest BCUT2D eigenvalue weighted by atomic mass is 35.5. The molecule has 0 spiro atoms. The van der Waals surface area contributed by atoms with Crippen LogP contribution in [0.3, 0.4) is 0 Å². The second kappa shape index (κ2) is 6.14. The summed E-state index contributed by atoms with van der Waals surface area (Å²) in [5.74, 6) is -0.371. The first kappa shape index (κ1) is 16.0. The molecule has 0 aliphatic rings. The van der Waals surface area contributed by atoms with Gasteiger partial charge in [0.2, 0.25) is 11.0 Å². The lowest BCUT2D eigenvalue weighted by Crippen LogP contribution is -2.13. The second-order valence-corrected chi connectivity index (χ2v) is 7.46. The minimum absolute atomic E-state index is 0.0880. The van der Waals surface area contributed by atoms with Crippen LogP contribution >= 0.6 is 34.5 Å². The van der Waals surface area contributed by atoms with Gasteiger partial charge in [0, 0.05) is 11.9 Å². The lowest BCUT2D eigenvalue weighted by atomic mass is 10.3. The van der Waals surface area contributed by atoms with E-state index < -0.39 is 10.0 Å². The monoisotopic (exact) mass is 366 g/mol. The number of carbonyl (C=O) groups excluding carboxylic acids is 1. The summed E-state index contributed by atoms with van der Waals surface area (Å²) >= 11 is 12.4. The summed E-state index contributed by atoms with van der Waals surface area (Å²) in [6, 6.07) is 4.33. The molecule has 2 rings (SSSR count). The van der Waals surface area contributed by atoms with Crippen LogP contribution in [0.15, 0.2) is 22.5 Å². The van der Waals surface area contributed by atoms with Gasteiger partial charge in [-0.1, -0.05) is 34.5 Å². The summed E-state index contributed by atoms with van der Waals surface area (Å²) in [5, 5.41) is 10.1. The van der Waals surface area contributed by atoms with Gasteiger partial charge in [-0.15, -0.1) is 10.2 Å². The summed E-state index contributed by atoms with van der Waals surface area (Å²) in [5.41, 5.74) is 0.164. The van der Waals surface area contributed by atoms with E-state index >= 15 is 0 Å². The lowest BCUT2D eigenvalue weighted by Gasteiger charge is -2.07. The molecule has 0 saturated heterocycles. The van der Waals surface area contributed by atoms with Crippen LogP contribution in [0.2, 0.25) is 10.0 Å². The van der Waals surface area contributed by atoms with Gasteiger partial charge in [-0.2, -0.15) is 8.42 Å². The van der Waals surface area contributed by atoms with Gasteiger partial charge < -0.3 is 5.32 Å². The normalized spacial score (nSPS) is 11.2. The largest absolute Gasteiger partial charge is 0.301 e. The molecule has 0 saturated carbocycles. The fourth-order valence-corrected chi connectivity index (χ4v) is 3.82. The van der Waals surface area contributed by atoms with Crippen LogP contribution < -0.4 is 10.0 Å². The van der Waals surface area contributed by atoms with Crippen molar-refractivity contribution in [2.24, 2.45) is 0 Å². The first-order valence-corrected chi connectivity index (χ1v) is 8.42. The number of nitrogens with zero attached hydrogens (tertiary/aromatic N) is 2. The molecule has 0 unspecified atom stereocenters. The number of hydrogen-bond acceptors (Lipinski definition) is 6. The van der Waals surface area contributed by atoms with Crippen molar-refractivity contribution in [3.8, 4) is 0 Å². The molecule has 11 heteroatoms. The van der Waals surface area contributed by atoms with E-state index in [4.69, 9.17) is 23.2 Å². The lowest BCUT2D eigenvalue weighted by molar-refractivity contribution is -0.114. The van der Waals surface area contributed by atoms with Gasteiger partial charge in [-0.25, -0.2) is 0 Å². The zero-order valence-electron chi connectivity index (χ0n) is 10.4. The average Bonchev–Trinajstić information content (AvgIpc) is 2.81. The molecule has 7 nitrogen and oxygen atoms in total. The number of anilines is 2. The summed E-state index contributed by atoms with van der Waals surface area (Å²) < 4.78 is 26.2. The van der Waals surface area contributed by atoms with E-state index in [0.717, 1.165) is 11.3 Å². The molecule has 0 fully saturated rings. The number of halogens is 2. The molecule has 0 aliphatic carbocycles. The van der Waals surface area contributed by atoms with Crippen LogP contribution in [-0.4, -0.2) is 24.5 Å². The van der Waals surface area contributed by atoms with Crippen LogP contribution in [0.1, 0.15) is 6.92 Å². The maximum Gasteiger partial charge on any atom is 0.291 e. The van der Waals surface area contributed by atoms with E-state index in [2.05, 4.69) is 20.2 Å². The fourth-order valence-electron chi connectivity index (χ4n) is 1.28. The Morgan fingerprint density at radius 2 is 2.00 bits per heavy atom. The van der Waals surface area contributed by atoms with Crippen molar-refractivity contribution in [3.05, 3.63) is 28.2 Å². The molecule has 1 heterocycles. The Morgan fingerprint density at radius 3 is 2.62 bits per heavy atom. The van der Waals surface area contributed by atoms with Crippen LogP contribution in [0.5, 0.6) is 0 Å². The zero-order chi connectivity index (χ0) is 15.6. The van der Waals surface area contributed by atoms with Gasteiger partial charge in [0.05, 0.1) is 10.7 Å². The number of aromatic nitrogens is 2. The summed E-state index contributed by atoms with van der Waals surface area (Å²) in [6.07, 6.45) is 0. The number of benzene rings is 1. The molecular formula is C10H8Cl2N4O3S2. The van der Waals surface area contributed by atoms with Crippen LogP contribution in [0.4, 0.5) is 10.8 Å². The van der Waals surface area contributed by atoms with Crippen LogP contribution in [0, 0.1) is 0 Å². The third-order valence-electron chi connectivity index (χ3n) is 2.09. The van der Waals surface area contributed by atoms with Crippen LogP contribution in [0.25, 0.3) is 0 Å². The molecule has 2 N–H and O–H groups in total. The number of hydrogen-bond donors (Lipinski definition) is 2. The van der Waals surface area contributed by atoms with E-state index in [1.165, 1.54) is 25.1 Å². The molecule has 21 heavy (non-hydrogen) atoms. The summed E-state index contributed by atoms with van der Waals surface area (Å²) in [7, 11) is -3.95. The van der Waals surface area contributed by atoms with Crippen molar-refractivity contribution in [3.63, 3.8) is 0 Å². The smallest absolute Gasteiger partial charge is 0.291 e.